The summed E-state index contributed by atoms with van der Waals surface area (Å²) >= 11 is 1.16. The van der Waals surface area contributed by atoms with Crippen LogP contribution in [0.15, 0.2) is 0 Å². The Hall–Kier alpha value is -1.47. The van der Waals surface area contributed by atoms with E-state index in [1.807, 2.05) is 19.0 Å². The second-order valence-electron chi connectivity index (χ2n) is 4.83. The van der Waals surface area contributed by atoms with Crippen LogP contribution < -0.4 is 4.90 Å². The molecule has 0 radical (unpaired) electrons. The third-order valence-corrected chi connectivity index (χ3v) is 3.94. The van der Waals surface area contributed by atoms with E-state index < -0.39 is 5.97 Å². The first-order chi connectivity index (χ1) is 9.36. The molecule has 0 amide bonds. The van der Waals surface area contributed by atoms with Crippen molar-refractivity contribution in [1.29, 1.82) is 0 Å². The highest BCUT2D eigenvalue weighted by Crippen LogP contribution is 2.27. The van der Waals surface area contributed by atoms with Gasteiger partial charge in [-0.05, 0) is 20.5 Å². The predicted molar refractivity (Wildman–Crippen MR) is 80.1 cm³/mol. The Kier molecular flexibility index (Phi) is 6.09. The molecular formula is C13H21N3O3S. The maximum atomic E-state index is 11.5. The maximum Gasteiger partial charge on any atom is 0.356 e. The summed E-state index contributed by atoms with van der Waals surface area (Å²) in [6.07, 6.45) is 0.935. The molecule has 0 aromatic carbocycles. The maximum absolute atomic E-state index is 11.5. The van der Waals surface area contributed by atoms with Crippen LogP contribution in [0.25, 0.3) is 0 Å². The number of nitrogens with zero attached hydrogens (tertiary/aromatic N) is 3. The number of Topliss-reactive ketones (excluding diaryl/α,β-unsaturated/α-hetero) is 1. The van der Waals surface area contributed by atoms with Crippen LogP contribution in [0, 0.1) is 0 Å². The van der Waals surface area contributed by atoms with E-state index in [9.17, 15) is 9.59 Å². The number of hydrogen-bond acceptors (Lipinski definition) is 6. The van der Waals surface area contributed by atoms with Gasteiger partial charge in [0, 0.05) is 26.6 Å². The van der Waals surface area contributed by atoms with Crippen LogP contribution >= 0.6 is 11.3 Å². The smallest absolute Gasteiger partial charge is 0.356 e. The number of aromatic nitrogens is 1. The van der Waals surface area contributed by atoms with Crippen molar-refractivity contribution in [1.82, 2.24) is 9.88 Å². The van der Waals surface area contributed by atoms with Gasteiger partial charge in [0.05, 0.1) is 0 Å². The van der Waals surface area contributed by atoms with E-state index >= 15 is 0 Å². The van der Waals surface area contributed by atoms with Gasteiger partial charge in [-0.25, -0.2) is 9.78 Å². The molecule has 1 N–H and O–H groups in total. The molecule has 0 atom stereocenters. The Balaban J connectivity index is 3.04. The average Bonchev–Trinajstić information content (AvgIpc) is 2.79. The lowest BCUT2D eigenvalue weighted by Crippen LogP contribution is -2.32. The Labute approximate surface area is 123 Å². The molecule has 0 saturated heterocycles. The zero-order chi connectivity index (χ0) is 15.3. The lowest BCUT2D eigenvalue weighted by atomic mass is 10.3. The van der Waals surface area contributed by atoms with Crippen molar-refractivity contribution in [2.75, 3.05) is 38.6 Å². The van der Waals surface area contributed by atoms with Gasteiger partial charge in [-0.1, -0.05) is 18.3 Å². The summed E-state index contributed by atoms with van der Waals surface area (Å²) in [5, 5.41) is 9.73. The monoisotopic (exact) mass is 299 g/mol. The van der Waals surface area contributed by atoms with Crippen molar-refractivity contribution in [2.24, 2.45) is 0 Å². The first kappa shape index (κ1) is 16.6. The number of ketones is 1. The molecule has 0 saturated carbocycles. The molecule has 0 aliphatic rings. The van der Waals surface area contributed by atoms with Crippen LogP contribution in [0.1, 0.15) is 40.4 Å². The topological polar surface area (TPSA) is 73.7 Å². The van der Waals surface area contributed by atoms with Crippen LogP contribution in [0.5, 0.6) is 0 Å². The molecule has 0 fully saturated rings. The second-order valence-corrected chi connectivity index (χ2v) is 5.80. The normalized spacial score (nSPS) is 10.8. The first-order valence-corrected chi connectivity index (χ1v) is 7.33. The molecule has 1 rings (SSSR count). The molecule has 0 aliphatic carbocycles. The van der Waals surface area contributed by atoms with E-state index in [1.165, 1.54) is 6.92 Å². The minimum absolute atomic E-state index is 0.136. The number of carboxylic acid groups (broad SMARTS) is 1. The van der Waals surface area contributed by atoms with Crippen LogP contribution in [0.2, 0.25) is 0 Å². The molecule has 7 heteroatoms. The highest BCUT2D eigenvalue weighted by molar-refractivity contribution is 7.17. The summed E-state index contributed by atoms with van der Waals surface area (Å²) < 4.78 is 0. The molecule has 1 aromatic heterocycles. The summed E-state index contributed by atoms with van der Waals surface area (Å²) in [5.74, 6) is -1.41. The van der Waals surface area contributed by atoms with Crippen molar-refractivity contribution in [3.63, 3.8) is 0 Å². The largest absolute Gasteiger partial charge is 0.476 e. The van der Waals surface area contributed by atoms with Crippen molar-refractivity contribution < 1.29 is 14.7 Å². The number of anilines is 1. The molecule has 0 aliphatic heterocycles. The summed E-state index contributed by atoms with van der Waals surface area (Å²) in [4.78, 5) is 31.1. The first-order valence-electron chi connectivity index (χ1n) is 6.51. The minimum Gasteiger partial charge on any atom is -0.476 e. The molecule has 0 spiro atoms. The predicted octanol–water partition coefficient (Wildman–Crippen LogP) is 1.82. The van der Waals surface area contributed by atoms with E-state index in [0.717, 1.165) is 37.4 Å². The summed E-state index contributed by atoms with van der Waals surface area (Å²) in [7, 11) is 3.96. The van der Waals surface area contributed by atoms with Gasteiger partial charge in [-0.3, -0.25) is 4.79 Å². The fourth-order valence-electron chi connectivity index (χ4n) is 1.72. The number of thiazole rings is 1. The van der Waals surface area contributed by atoms with Gasteiger partial charge in [0.25, 0.3) is 0 Å². The van der Waals surface area contributed by atoms with Gasteiger partial charge in [0.2, 0.25) is 0 Å². The Morgan fingerprint density at radius 2 is 1.90 bits per heavy atom. The van der Waals surface area contributed by atoms with E-state index in [0.29, 0.717) is 5.13 Å². The second kappa shape index (κ2) is 7.35. The molecule has 20 heavy (non-hydrogen) atoms. The van der Waals surface area contributed by atoms with Gasteiger partial charge < -0.3 is 14.9 Å². The number of carboxylic acids is 1. The zero-order valence-electron chi connectivity index (χ0n) is 12.3. The molecule has 112 valence electrons. The molecule has 1 aromatic rings. The van der Waals surface area contributed by atoms with Crippen molar-refractivity contribution in [3.8, 4) is 0 Å². The number of hydrogen-bond donors (Lipinski definition) is 1. The third kappa shape index (κ3) is 4.28. The fraction of sp³-hybridized carbons (Fsp3) is 0.615. The molecule has 6 nitrogen and oxygen atoms in total. The van der Waals surface area contributed by atoms with E-state index in [4.69, 9.17) is 5.11 Å². The van der Waals surface area contributed by atoms with E-state index in [2.05, 4.69) is 16.8 Å². The molecule has 0 bridgehead atoms. The number of aromatic carboxylic acids is 1. The fourth-order valence-corrected chi connectivity index (χ4v) is 2.73. The van der Waals surface area contributed by atoms with Crippen LogP contribution in [0.4, 0.5) is 5.13 Å². The third-order valence-electron chi connectivity index (χ3n) is 2.72. The minimum atomic E-state index is -1.15. The molecule has 1 heterocycles. The van der Waals surface area contributed by atoms with Crippen molar-refractivity contribution in [3.05, 3.63) is 10.6 Å². The lowest BCUT2D eigenvalue weighted by molar-refractivity contribution is 0.0687. The molecular weight excluding hydrogens is 278 g/mol. The summed E-state index contributed by atoms with van der Waals surface area (Å²) in [6, 6.07) is 0. The van der Waals surface area contributed by atoms with E-state index in [1.54, 1.807) is 0 Å². The Morgan fingerprint density at radius 1 is 1.25 bits per heavy atom. The van der Waals surface area contributed by atoms with Gasteiger partial charge in [-0.15, -0.1) is 0 Å². The highest BCUT2D eigenvalue weighted by Gasteiger charge is 2.23. The number of carbonyl (C=O) groups excluding carboxylic acids is 1. The average molecular weight is 299 g/mol. The van der Waals surface area contributed by atoms with Gasteiger partial charge in [0.15, 0.2) is 16.6 Å². The summed E-state index contributed by atoms with van der Waals surface area (Å²) in [5.41, 5.74) is -0.136. The quantitative estimate of drug-likeness (QED) is 0.738. The SMILES string of the molecule is CCCN(CCN(C)C)c1nc(C(=O)O)c(C(C)=O)s1. The molecule has 0 unspecified atom stereocenters. The zero-order valence-corrected chi connectivity index (χ0v) is 13.2. The standard InChI is InChI=1S/C13H21N3O3S/c1-5-6-16(8-7-15(3)4)13-14-10(12(18)19)11(20-13)9(2)17/h5-8H2,1-4H3,(H,18,19). The van der Waals surface area contributed by atoms with Crippen LogP contribution in [-0.2, 0) is 0 Å². The number of rotatable bonds is 8. The lowest BCUT2D eigenvalue weighted by Gasteiger charge is -2.23. The van der Waals surface area contributed by atoms with E-state index in [-0.39, 0.29) is 16.4 Å². The van der Waals surface area contributed by atoms with Crippen molar-refractivity contribution in [2.45, 2.75) is 20.3 Å². The Morgan fingerprint density at radius 3 is 2.30 bits per heavy atom. The number of likely N-dealkylation sites (N-methyl/N-ethyl adjacent to an activating group) is 1. The van der Waals surface area contributed by atoms with Gasteiger partial charge >= 0.3 is 5.97 Å². The van der Waals surface area contributed by atoms with Gasteiger partial charge in [0.1, 0.15) is 4.88 Å². The van der Waals surface area contributed by atoms with Gasteiger partial charge in [-0.2, -0.15) is 0 Å². The summed E-state index contributed by atoms with van der Waals surface area (Å²) in [6.45, 7) is 5.81. The van der Waals surface area contributed by atoms with Crippen molar-refractivity contribution >= 4 is 28.2 Å². The van der Waals surface area contributed by atoms with Crippen LogP contribution in [0.3, 0.4) is 0 Å². The Bertz CT molecular complexity index is 454. The number of carbonyl (C=O) groups is 2. The highest BCUT2D eigenvalue weighted by atomic mass is 32.1. The van der Waals surface area contributed by atoms with Crippen LogP contribution in [-0.4, -0.2) is 60.5 Å².